The first kappa shape index (κ1) is 38.3. The zero-order valence-corrected chi connectivity index (χ0v) is 29.1. The molecule has 0 aliphatic heterocycles. The van der Waals surface area contributed by atoms with Gasteiger partial charge in [0, 0.05) is 37.4 Å². The average molecular weight is 785 g/mol. The van der Waals surface area contributed by atoms with Crippen LogP contribution in [0.2, 0.25) is 0 Å². The van der Waals surface area contributed by atoms with Crippen molar-refractivity contribution in [1.29, 1.82) is 0 Å². The summed E-state index contributed by atoms with van der Waals surface area (Å²) in [6.07, 6.45) is -5.07. The third-order valence-electron chi connectivity index (χ3n) is 6.58. The fourth-order valence-electron chi connectivity index (χ4n) is 4.51. The van der Waals surface area contributed by atoms with Gasteiger partial charge in [-0.2, -0.15) is 13.2 Å². The van der Waals surface area contributed by atoms with Crippen molar-refractivity contribution in [2.24, 2.45) is 0 Å². The SMILES string of the molecule is CC(=O)Nc1nc2ccc(Oc3cccc(N)c3)c([N+](=O)[O-])c2s1.CC(=O)Nc1nc2ccc(Oc3cccc(NC(=O)C(F)(F)F)c3)c([N+](=O)[O-])c2s1. The van der Waals surface area contributed by atoms with Crippen LogP contribution in [0.3, 0.4) is 0 Å². The molecule has 0 aliphatic carbocycles. The number of fused-ring (bicyclic) bond motifs is 2. The Kier molecular flexibility index (Phi) is 11.2. The minimum absolute atomic E-state index is 0.0379. The summed E-state index contributed by atoms with van der Waals surface area (Å²) in [5.41, 5.74) is 6.01. The van der Waals surface area contributed by atoms with E-state index >= 15 is 0 Å². The number of anilines is 4. The number of nitrogen functional groups attached to an aromatic ring is 1. The number of rotatable bonds is 9. The third kappa shape index (κ3) is 9.29. The molecule has 3 amide bonds. The van der Waals surface area contributed by atoms with E-state index in [0.717, 1.165) is 28.7 Å². The number of alkyl halides is 3. The first-order valence-corrected chi connectivity index (χ1v) is 16.5. The second-order valence-electron chi connectivity index (χ2n) is 10.7. The van der Waals surface area contributed by atoms with Crippen molar-refractivity contribution < 1.29 is 46.9 Å². The number of thiazole rings is 2. The molecule has 22 heteroatoms. The Morgan fingerprint density at radius 1 is 0.722 bits per heavy atom. The summed E-state index contributed by atoms with van der Waals surface area (Å²) >= 11 is 1.89. The number of ether oxygens (including phenoxy) is 2. The van der Waals surface area contributed by atoms with Gasteiger partial charge in [-0.3, -0.25) is 34.6 Å². The van der Waals surface area contributed by atoms with Crippen LogP contribution in [0, 0.1) is 20.2 Å². The molecule has 4 aromatic carbocycles. The molecule has 278 valence electrons. The molecule has 0 radical (unpaired) electrons. The van der Waals surface area contributed by atoms with Gasteiger partial charge in [0.25, 0.3) is 0 Å². The summed E-state index contributed by atoms with van der Waals surface area (Å²) in [6, 6.07) is 17.4. The molecule has 0 bridgehead atoms. The Hall–Kier alpha value is -6.94. The predicted octanol–water partition coefficient (Wildman–Crippen LogP) is 7.99. The Morgan fingerprint density at radius 2 is 1.19 bits per heavy atom. The lowest BCUT2D eigenvalue weighted by atomic mass is 10.2. The lowest BCUT2D eigenvalue weighted by Crippen LogP contribution is -2.29. The number of carbonyl (C=O) groups is 3. The van der Waals surface area contributed by atoms with Gasteiger partial charge in [0.1, 0.15) is 20.9 Å². The predicted molar refractivity (Wildman–Crippen MR) is 193 cm³/mol. The summed E-state index contributed by atoms with van der Waals surface area (Å²) in [4.78, 5) is 63.6. The van der Waals surface area contributed by atoms with Gasteiger partial charge in [-0.05, 0) is 48.5 Å². The fourth-order valence-corrected chi connectivity index (χ4v) is 6.55. The van der Waals surface area contributed by atoms with Gasteiger partial charge < -0.3 is 31.2 Å². The number of nitro benzene ring substituents is 2. The van der Waals surface area contributed by atoms with E-state index in [2.05, 4.69) is 20.6 Å². The molecule has 0 fully saturated rings. The van der Waals surface area contributed by atoms with Crippen molar-refractivity contribution in [3.8, 4) is 23.0 Å². The maximum Gasteiger partial charge on any atom is 0.471 e. The van der Waals surface area contributed by atoms with E-state index in [0.29, 0.717) is 26.8 Å². The standard InChI is InChI=1S/C17H11F3N4O5S.C15H12N4O4S/c1-8(25)21-16-23-11-5-6-12(13(24(27)28)14(11)30-16)29-10-4-2-3-9(7-10)22-15(26)17(18,19)20;1-8(20)17-15-18-11-5-6-12(13(19(21)22)14(11)24-15)23-10-4-2-3-9(16)7-10/h2-7H,1H3,(H,22,26)(H,21,23,25);2-7H,16H2,1H3,(H,17,18,20). The number of nitrogens with one attached hydrogen (secondary N) is 3. The maximum absolute atomic E-state index is 12.4. The van der Waals surface area contributed by atoms with Crippen LogP contribution in [-0.2, 0) is 14.4 Å². The second kappa shape index (κ2) is 15.7. The van der Waals surface area contributed by atoms with E-state index < -0.39 is 33.5 Å². The molecule has 2 heterocycles. The summed E-state index contributed by atoms with van der Waals surface area (Å²) in [7, 11) is 0. The van der Waals surface area contributed by atoms with Crippen LogP contribution in [0.4, 0.5) is 46.2 Å². The van der Waals surface area contributed by atoms with Crippen LogP contribution in [0.25, 0.3) is 20.4 Å². The highest BCUT2D eigenvalue weighted by Gasteiger charge is 2.38. The smallest absolute Gasteiger partial charge is 0.450 e. The highest BCUT2D eigenvalue weighted by Crippen LogP contribution is 2.43. The Balaban J connectivity index is 0.000000213. The van der Waals surface area contributed by atoms with Gasteiger partial charge in [-0.25, -0.2) is 9.97 Å². The molecule has 0 saturated carbocycles. The molecular formula is C32H23F3N8O9S2. The molecule has 0 unspecified atom stereocenters. The molecule has 17 nitrogen and oxygen atoms in total. The third-order valence-corrected chi connectivity index (χ3v) is 8.57. The van der Waals surface area contributed by atoms with E-state index in [9.17, 15) is 47.8 Å². The fraction of sp³-hybridized carbons (Fsp3) is 0.0938. The van der Waals surface area contributed by atoms with E-state index in [1.165, 1.54) is 50.2 Å². The molecule has 0 atom stereocenters. The normalized spacial score (nSPS) is 10.9. The van der Waals surface area contributed by atoms with E-state index in [4.69, 9.17) is 15.2 Å². The summed E-state index contributed by atoms with van der Waals surface area (Å²) < 4.78 is 48.8. The number of benzene rings is 4. The number of nitro groups is 2. The first-order chi connectivity index (χ1) is 25.5. The van der Waals surface area contributed by atoms with Crippen molar-refractivity contribution in [2.75, 3.05) is 21.7 Å². The summed E-state index contributed by atoms with van der Waals surface area (Å²) in [5.74, 6) is -2.62. The molecule has 0 spiro atoms. The molecule has 54 heavy (non-hydrogen) atoms. The van der Waals surface area contributed by atoms with Gasteiger partial charge in [-0.15, -0.1) is 0 Å². The number of carbonyl (C=O) groups excluding carboxylic acids is 3. The minimum atomic E-state index is -5.07. The maximum atomic E-state index is 12.4. The summed E-state index contributed by atoms with van der Waals surface area (Å²) in [6.45, 7) is 2.61. The number of halogens is 3. The number of hydrogen-bond acceptors (Lipinski definition) is 14. The van der Waals surface area contributed by atoms with Gasteiger partial charge >= 0.3 is 23.5 Å². The van der Waals surface area contributed by atoms with Crippen molar-refractivity contribution >= 4 is 93.8 Å². The highest BCUT2D eigenvalue weighted by molar-refractivity contribution is 7.23. The molecule has 0 saturated heterocycles. The van der Waals surface area contributed by atoms with Crippen molar-refractivity contribution in [3.63, 3.8) is 0 Å². The minimum Gasteiger partial charge on any atom is -0.450 e. The number of nitrogens with two attached hydrogens (primary N) is 1. The number of amides is 3. The molecule has 2 aromatic heterocycles. The van der Waals surface area contributed by atoms with Crippen LogP contribution in [0.1, 0.15) is 13.8 Å². The Morgan fingerprint density at radius 3 is 1.61 bits per heavy atom. The van der Waals surface area contributed by atoms with Crippen LogP contribution in [0.15, 0.2) is 72.8 Å². The molecular weight excluding hydrogens is 762 g/mol. The first-order valence-electron chi connectivity index (χ1n) is 14.9. The van der Waals surface area contributed by atoms with Gasteiger partial charge in [0.05, 0.1) is 20.9 Å². The molecule has 5 N–H and O–H groups in total. The van der Waals surface area contributed by atoms with Crippen LogP contribution >= 0.6 is 22.7 Å². The number of aromatic nitrogens is 2. The number of nitrogens with zero attached hydrogens (tertiary/aromatic N) is 4. The summed E-state index contributed by atoms with van der Waals surface area (Å²) in [5, 5.41) is 30.2. The van der Waals surface area contributed by atoms with E-state index in [-0.39, 0.29) is 49.9 Å². The molecule has 6 rings (SSSR count). The van der Waals surface area contributed by atoms with Crippen molar-refractivity contribution in [2.45, 2.75) is 20.0 Å². The van der Waals surface area contributed by atoms with Crippen LogP contribution in [0.5, 0.6) is 23.0 Å². The zero-order chi connectivity index (χ0) is 39.3. The molecule has 6 aromatic rings. The highest BCUT2D eigenvalue weighted by atomic mass is 32.1. The lowest BCUT2D eigenvalue weighted by Gasteiger charge is -2.10. The van der Waals surface area contributed by atoms with Gasteiger partial charge in [0.2, 0.25) is 23.3 Å². The lowest BCUT2D eigenvalue weighted by molar-refractivity contribution is -0.383. The second-order valence-corrected chi connectivity index (χ2v) is 12.7. The largest absolute Gasteiger partial charge is 0.471 e. The van der Waals surface area contributed by atoms with Crippen molar-refractivity contribution in [1.82, 2.24) is 9.97 Å². The molecule has 0 aliphatic rings. The quantitative estimate of drug-likeness (QED) is 0.0619. The van der Waals surface area contributed by atoms with Crippen LogP contribution in [-0.4, -0.2) is 43.7 Å². The van der Waals surface area contributed by atoms with Crippen LogP contribution < -0.4 is 31.2 Å². The van der Waals surface area contributed by atoms with Crippen molar-refractivity contribution in [3.05, 3.63) is 93.0 Å². The average Bonchev–Trinajstić information content (AvgIpc) is 3.66. The van der Waals surface area contributed by atoms with E-state index in [1.807, 2.05) is 0 Å². The Bertz CT molecular complexity index is 2450. The monoisotopic (exact) mass is 784 g/mol. The van der Waals surface area contributed by atoms with Gasteiger partial charge in [-0.1, -0.05) is 34.8 Å². The topological polar surface area (TPSA) is 244 Å². The Labute approximate surface area is 307 Å². The number of hydrogen-bond donors (Lipinski definition) is 4. The van der Waals surface area contributed by atoms with E-state index in [1.54, 1.807) is 35.6 Å². The van der Waals surface area contributed by atoms with Gasteiger partial charge in [0.15, 0.2) is 10.3 Å². The zero-order valence-electron chi connectivity index (χ0n) is 27.4.